The third-order valence-corrected chi connectivity index (χ3v) is 10.7. The molecule has 0 bridgehead atoms. The zero-order valence-corrected chi connectivity index (χ0v) is 23.1. The smallest absolute Gasteiger partial charge is 0.413 e. The summed E-state index contributed by atoms with van der Waals surface area (Å²) < 4.78 is 51.9. The molecule has 0 aromatic carbocycles. The zero-order valence-electron chi connectivity index (χ0n) is 22.2. The predicted octanol–water partition coefficient (Wildman–Crippen LogP) is 4.07. The predicted molar refractivity (Wildman–Crippen MR) is 140 cm³/mol. The van der Waals surface area contributed by atoms with Crippen LogP contribution in [-0.2, 0) is 14.5 Å². The molecule has 2 aliphatic heterocycles. The van der Waals surface area contributed by atoms with Gasteiger partial charge in [-0.3, -0.25) is 15.1 Å². The molecule has 0 saturated heterocycles. The summed E-state index contributed by atoms with van der Waals surface area (Å²) in [6.07, 6.45) is 3.36. The number of aromatic nitrogens is 1. The fourth-order valence-electron chi connectivity index (χ4n) is 5.08. The first kappa shape index (κ1) is 27.9. The van der Waals surface area contributed by atoms with E-state index in [-0.39, 0.29) is 11.5 Å². The number of hydrogen-bond donors (Lipinski definition) is 2. The van der Waals surface area contributed by atoms with Gasteiger partial charge >= 0.3 is 6.09 Å². The highest BCUT2D eigenvalue weighted by Gasteiger charge is 2.60. The van der Waals surface area contributed by atoms with Crippen LogP contribution in [0.2, 0.25) is 0 Å². The van der Waals surface area contributed by atoms with Crippen molar-refractivity contribution in [1.82, 2.24) is 15.6 Å². The van der Waals surface area contributed by atoms with Gasteiger partial charge < -0.3 is 10.1 Å². The Hall–Kier alpha value is -3.15. The van der Waals surface area contributed by atoms with Gasteiger partial charge in [0, 0.05) is 18.2 Å². The molecule has 0 saturated carbocycles. The molecule has 0 spiro atoms. The van der Waals surface area contributed by atoms with E-state index >= 15 is 4.39 Å². The van der Waals surface area contributed by atoms with Crippen LogP contribution in [0.1, 0.15) is 58.5 Å². The van der Waals surface area contributed by atoms with Crippen molar-refractivity contribution in [3.63, 3.8) is 0 Å². The van der Waals surface area contributed by atoms with E-state index < -0.39 is 60.8 Å². The van der Waals surface area contributed by atoms with Gasteiger partial charge in [-0.05, 0) is 72.2 Å². The van der Waals surface area contributed by atoms with Gasteiger partial charge in [0.2, 0.25) is 0 Å². The maximum absolute atomic E-state index is 15.5. The lowest BCUT2D eigenvalue weighted by Crippen LogP contribution is -2.64. The SMILES string of the molecule is CC(C)(C)OC(=O)NC1=N[C@](C)(C2C=C(NC(=O)c3ccc(F)cn3)C=CC2F)[C@@H]2CCN=[S@]2(=O)C1(C)C. The van der Waals surface area contributed by atoms with Crippen LogP contribution in [-0.4, -0.2) is 60.9 Å². The molecule has 4 rings (SSSR count). The molecule has 38 heavy (non-hydrogen) atoms. The summed E-state index contributed by atoms with van der Waals surface area (Å²) in [7, 11) is -3.01. The summed E-state index contributed by atoms with van der Waals surface area (Å²) in [6.45, 7) is 10.6. The minimum absolute atomic E-state index is 0.00951. The monoisotopic (exact) mass is 549 g/mol. The number of pyridine rings is 1. The Balaban J connectivity index is 1.72. The van der Waals surface area contributed by atoms with Crippen molar-refractivity contribution < 1.29 is 27.3 Å². The summed E-state index contributed by atoms with van der Waals surface area (Å²) in [5.74, 6) is -2.00. The van der Waals surface area contributed by atoms with Gasteiger partial charge in [0.15, 0.2) is 0 Å². The van der Waals surface area contributed by atoms with Gasteiger partial charge in [0.25, 0.3) is 5.91 Å². The number of carbonyl (C=O) groups is 2. The van der Waals surface area contributed by atoms with Gasteiger partial charge in [0.05, 0.1) is 26.7 Å². The molecule has 12 heteroatoms. The zero-order chi connectivity index (χ0) is 28.1. The van der Waals surface area contributed by atoms with Crippen LogP contribution in [0.3, 0.4) is 0 Å². The van der Waals surface area contributed by atoms with Crippen LogP contribution in [0.5, 0.6) is 0 Å². The normalized spacial score (nSPS) is 31.8. The first-order valence-corrected chi connectivity index (χ1v) is 13.9. The summed E-state index contributed by atoms with van der Waals surface area (Å²) in [5, 5.41) is 4.73. The number of allylic oxidation sites excluding steroid dienone is 2. The minimum Gasteiger partial charge on any atom is -0.444 e. The van der Waals surface area contributed by atoms with Crippen molar-refractivity contribution in [2.24, 2.45) is 15.3 Å². The van der Waals surface area contributed by atoms with Crippen molar-refractivity contribution >= 4 is 27.6 Å². The minimum atomic E-state index is -3.01. The van der Waals surface area contributed by atoms with E-state index in [1.165, 1.54) is 24.3 Å². The molecule has 3 aliphatic rings. The quantitative estimate of drug-likeness (QED) is 0.589. The lowest BCUT2D eigenvalue weighted by molar-refractivity contribution is 0.0560. The van der Waals surface area contributed by atoms with Gasteiger partial charge in [-0.1, -0.05) is 6.08 Å². The molecule has 0 radical (unpaired) electrons. The second-order valence-corrected chi connectivity index (χ2v) is 14.3. The average molecular weight is 550 g/mol. The molecule has 2 amide bonds. The maximum atomic E-state index is 15.5. The standard InChI is InChI=1S/C26H33F2N5O4S/c1-24(2,3)37-23(35)32-22-25(4,5)38(36)20(11-12-30-38)26(6,33-22)17-13-16(8-9-18(17)28)31-21(34)19-10-7-15(27)14-29-19/h7-10,13-14,17-18,20H,11-12H2,1-6H3,(H,31,34)(H,32,33,35)/t17?,18?,20-,26+,38+/m0/s1. The number of alkyl carbamates (subject to hydrolysis) is 1. The van der Waals surface area contributed by atoms with Crippen LogP contribution in [0, 0.1) is 11.7 Å². The number of nitrogens with zero attached hydrogens (tertiary/aromatic N) is 3. The Morgan fingerprint density at radius 3 is 2.53 bits per heavy atom. The Kier molecular flexibility index (Phi) is 7.00. The van der Waals surface area contributed by atoms with Gasteiger partial charge in [0.1, 0.15) is 33.9 Å². The highest BCUT2D eigenvalue weighted by molar-refractivity contribution is 7.96. The maximum Gasteiger partial charge on any atom is 0.413 e. The van der Waals surface area contributed by atoms with E-state index in [1.807, 2.05) is 0 Å². The molecule has 1 aromatic heterocycles. The number of alkyl halides is 1. The fraction of sp³-hybridized carbons (Fsp3) is 0.538. The third-order valence-electron chi connectivity index (χ3n) is 7.04. The van der Waals surface area contributed by atoms with E-state index in [1.54, 1.807) is 41.5 Å². The lowest BCUT2D eigenvalue weighted by Gasteiger charge is -2.48. The topological polar surface area (TPSA) is 122 Å². The largest absolute Gasteiger partial charge is 0.444 e. The number of ether oxygens (including phenoxy) is 1. The first-order chi connectivity index (χ1) is 17.6. The van der Waals surface area contributed by atoms with Crippen molar-refractivity contribution in [2.75, 3.05) is 6.54 Å². The van der Waals surface area contributed by atoms with Gasteiger partial charge in [-0.25, -0.2) is 27.1 Å². The molecule has 9 nitrogen and oxygen atoms in total. The van der Waals surface area contributed by atoms with Crippen LogP contribution < -0.4 is 10.6 Å². The molecule has 0 fully saturated rings. The molecule has 1 aliphatic carbocycles. The van der Waals surface area contributed by atoms with Gasteiger partial charge in [-0.2, -0.15) is 0 Å². The lowest BCUT2D eigenvalue weighted by atomic mass is 9.76. The second kappa shape index (κ2) is 9.55. The molecule has 2 N–H and O–H groups in total. The van der Waals surface area contributed by atoms with Crippen LogP contribution in [0.4, 0.5) is 13.6 Å². The second-order valence-electron chi connectivity index (χ2n) is 11.3. The molecular weight excluding hydrogens is 516 g/mol. The molecular formula is C26H33F2N5O4S. The van der Waals surface area contributed by atoms with Crippen molar-refractivity contribution in [3.8, 4) is 0 Å². The number of fused-ring (bicyclic) bond motifs is 1. The average Bonchev–Trinajstić information content (AvgIpc) is 3.23. The molecule has 2 unspecified atom stereocenters. The van der Waals surface area contributed by atoms with Crippen molar-refractivity contribution in [2.45, 2.75) is 75.3 Å². The van der Waals surface area contributed by atoms with E-state index in [9.17, 15) is 18.2 Å². The highest BCUT2D eigenvalue weighted by Crippen LogP contribution is 2.48. The third kappa shape index (κ3) is 4.97. The Bertz CT molecular complexity index is 1360. The number of amidine groups is 1. The Morgan fingerprint density at radius 2 is 1.89 bits per heavy atom. The number of halogens is 2. The molecule has 5 atom stereocenters. The molecule has 1 aromatic rings. The first-order valence-electron chi connectivity index (χ1n) is 12.4. The summed E-state index contributed by atoms with van der Waals surface area (Å²) in [4.78, 5) is 34.0. The Morgan fingerprint density at radius 1 is 1.18 bits per heavy atom. The number of amides is 2. The van der Waals surface area contributed by atoms with Crippen LogP contribution in [0.15, 0.2) is 51.6 Å². The van der Waals surface area contributed by atoms with E-state index in [0.717, 1.165) is 12.3 Å². The van der Waals surface area contributed by atoms with E-state index in [4.69, 9.17) is 9.73 Å². The summed E-state index contributed by atoms with van der Waals surface area (Å²) in [5.41, 5.74) is -1.76. The van der Waals surface area contributed by atoms with E-state index in [2.05, 4.69) is 20.0 Å². The Labute approximate surface area is 221 Å². The van der Waals surface area contributed by atoms with Gasteiger partial charge in [-0.15, -0.1) is 0 Å². The summed E-state index contributed by atoms with van der Waals surface area (Å²) >= 11 is 0. The van der Waals surface area contributed by atoms with Crippen LogP contribution in [0.25, 0.3) is 0 Å². The number of hydrogen-bond acceptors (Lipinski definition) is 7. The number of aliphatic imine (C=N–C) groups is 1. The van der Waals surface area contributed by atoms with Crippen molar-refractivity contribution in [1.29, 1.82) is 0 Å². The molecule has 206 valence electrons. The van der Waals surface area contributed by atoms with Crippen molar-refractivity contribution in [3.05, 3.63) is 53.8 Å². The number of nitrogens with one attached hydrogen (secondary N) is 2. The summed E-state index contributed by atoms with van der Waals surface area (Å²) in [6, 6.07) is 2.36. The number of carbonyl (C=O) groups excluding carboxylic acids is 2. The number of rotatable bonds is 3. The fourth-order valence-corrected chi connectivity index (χ4v) is 8.32. The molecule has 3 heterocycles. The van der Waals surface area contributed by atoms with E-state index in [0.29, 0.717) is 18.7 Å². The highest BCUT2D eigenvalue weighted by atomic mass is 32.2. The van der Waals surface area contributed by atoms with Crippen LogP contribution >= 0.6 is 0 Å².